The zero-order chi connectivity index (χ0) is 15.6. The summed E-state index contributed by atoms with van der Waals surface area (Å²) < 4.78 is 6.42. The highest BCUT2D eigenvalue weighted by Gasteiger charge is 2.15. The summed E-state index contributed by atoms with van der Waals surface area (Å²) in [6.45, 7) is 3.32. The van der Waals surface area contributed by atoms with Crippen LogP contribution >= 0.6 is 15.9 Å². The zero-order valence-corrected chi connectivity index (χ0v) is 13.1. The van der Waals surface area contributed by atoms with E-state index in [0.717, 1.165) is 10.0 Å². The minimum absolute atomic E-state index is 0.0205. The summed E-state index contributed by atoms with van der Waals surface area (Å²) in [4.78, 5) is 10.5. The fourth-order valence-corrected chi connectivity index (χ4v) is 2.64. The Morgan fingerprint density at radius 2 is 2.05 bits per heavy atom. The van der Waals surface area contributed by atoms with Crippen LogP contribution in [0, 0.1) is 17.0 Å². The average molecular weight is 352 g/mol. The van der Waals surface area contributed by atoms with Crippen molar-refractivity contribution in [1.82, 2.24) is 0 Å². The first kappa shape index (κ1) is 15.5. The Bertz CT molecular complexity index is 685. The molecule has 0 saturated carbocycles. The van der Waals surface area contributed by atoms with Crippen molar-refractivity contribution in [2.45, 2.75) is 20.0 Å². The van der Waals surface area contributed by atoms with Gasteiger partial charge < -0.3 is 9.84 Å². The van der Waals surface area contributed by atoms with Crippen LogP contribution in [0.4, 0.5) is 5.69 Å². The first-order valence-electron chi connectivity index (χ1n) is 6.29. The van der Waals surface area contributed by atoms with Crippen LogP contribution in [0.2, 0.25) is 0 Å². The molecule has 0 radical (unpaired) electrons. The summed E-state index contributed by atoms with van der Waals surface area (Å²) in [7, 11) is 0. The largest absolute Gasteiger partial charge is 0.457 e. The molecule has 1 N–H and O–H groups in total. The first-order valence-corrected chi connectivity index (χ1v) is 7.09. The molecule has 0 aliphatic heterocycles. The van der Waals surface area contributed by atoms with Crippen LogP contribution < -0.4 is 4.74 Å². The molecule has 1 atom stereocenters. The fraction of sp³-hybridized carbons (Fsp3) is 0.200. The third-order valence-corrected chi connectivity index (χ3v) is 3.79. The minimum atomic E-state index is -0.590. The molecule has 0 fully saturated rings. The molecule has 0 amide bonds. The molecule has 0 aromatic heterocycles. The minimum Gasteiger partial charge on any atom is -0.457 e. The smallest absolute Gasteiger partial charge is 0.276 e. The molecule has 5 nitrogen and oxygen atoms in total. The number of nitro groups is 1. The van der Waals surface area contributed by atoms with E-state index in [0.29, 0.717) is 17.1 Å². The molecule has 0 spiro atoms. The summed E-state index contributed by atoms with van der Waals surface area (Å²) in [5.74, 6) is 0.968. The van der Waals surface area contributed by atoms with Crippen LogP contribution in [0.25, 0.3) is 0 Å². The van der Waals surface area contributed by atoms with E-state index in [1.807, 2.05) is 0 Å². The molecule has 0 saturated heterocycles. The molecule has 0 aliphatic rings. The van der Waals surface area contributed by atoms with E-state index in [1.54, 1.807) is 44.2 Å². The second-order valence-electron chi connectivity index (χ2n) is 4.62. The van der Waals surface area contributed by atoms with Gasteiger partial charge in [0.2, 0.25) is 0 Å². The van der Waals surface area contributed by atoms with Crippen molar-refractivity contribution in [3.05, 3.63) is 62.1 Å². The van der Waals surface area contributed by atoms with Crippen LogP contribution in [-0.2, 0) is 0 Å². The molecule has 2 aromatic rings. The molecule has 6 heteroatoms. The van der Waals surface area contributed by atoms with E-state index in [-0.39, 0.29) is 5.69 Å². The normalized spacial score (nSPS) is 12.0. The van der Waals surface area contributed by atoms with Gasteiger partial charge in [0.05, 0.1) is 16.6 Å². The summed E-state index contributed by atoms with van der Waals surface area (Å²) in [6.07, 6.45) is -0.590. The van der Waals surface area contributed by atoms with Gasteiger partial charge in [-0.2, -0.15) is 0 Å². The number of nitrogens with zero attached hydrogens (tertiary/aromatic N) is 1. The molecular formula is C15H14BrNO4. The van der Waals surface area contributed by atoms with Crippen LogP contribution in [0.5, 0.6) is 11.5 Å². The number of ether oxygens (including phenoxy) is 1. The highest BCUT2D eigenvalue weighted by Crippen LogP contribution is 2.33. The van der Waals surface area contributed by atoms with Crippen LogP contribution in [0.3, 0.4) is 0 Å². The van der Waals surface area contributed by atoms with Crippen LogP contribution in [-0.4, -0.2) is 10.0 Å². The lowest BCUT2D eigenvalue weighted by Gasteiger charge is -2.12. The molecule has 0 heterocycles. The third kappa shape index (κ3) is 3.40. The van der Waals surface area contributed by atoms with Gasteiger partial charge in [0.25, 0.3) is 5.69 Å². The highest BCUT2D eigenvalue weighted by molar-refractivity contribution is 9.10. The van der Waals surface area contributed by atoms with Gasteiger partial charge in [0.1, 0.15) is 11.5 Å². The topological polar surface area (TPSA) is 72.6 Å². The Morgan fingerprint density at radius 3 is 2.62 bits per heavy atom. The van der Waals surface area contributed by atoms with Gasteiger partial charge in [0.15, 0.2) is 0 Å². The van der Waals surface area contributed by atoms with Crippen molar-refractivity contribution in [3.8, 4) is 11.5 Å². The number of nitro benzene ring substituents is 1. The van der Waals surface area contributed by atoms with E-state index >= 15 is 0 Å². The van der Waals surface area contributed by atoms with Crippen molar-refractivity contribution in [2.75, 3.05) is 0 Å². The zero-order valence-electron chi connectivity index (χ0n) is 11.5. The summed E-state index contributed by atoms with van der Waals surface area (Å²) >= 11 is 3.37. The number of hydrogen-bond acceptors (Lipinski definition) is 4. The van der Waals surface area contributed by atoms with E-state index in [2.05, 4.69) is 15.9 Å². The quantitative estimate of drug-likeness (QED) is 0.649. The van der Waals surface area contributed by atoms with Crippen molar-refractivity contribution in [1.29, 1.82) is 0 Å². The SMILES string of the molecule is Cc1c(Oc2ccc([C@@H](C)O)c(Br)c2)cccc1[N+](=O)[O-]. The fourth-order valence-electron chi connectivity index (χ4n) is 1.95. The molecule has 110 valence electrons. The third-order valence-electron chi connectivity index (χ3n) is 3.10. The number of aliphatic hydroxyl groups excluding tert-OH is 1. The van der Waals surface area contributed by atoms with E-state index < -0.39 is 11.0 Å². The van der Waals surface area contributed by atoms with Crippen LogP contribution in [0.1, 0.15) is 24.2 Å². The Kier molecular flexibility index (Phi) is 4.59. The lowest BCUT2D eigenvalue weighted by Crippen LogP contribution is -1.96. The number of aliphatic hydroxyl groups is 1. The van der Waals surface area contributed by atoms with Gasteiger partial charge in [-0.25, -0.2) is 0 Å². The van der Waals surface area contributed by atoms with Gasteiger partial charge in [-0.05, 0) is 37.6 Å². The van der Waals surface area contributed by atoms with Crippen LogP contribution in [0.15, 0.2) is 40.9 Å². The van der Waals surface area contributed by atoms with E-state index in [1.165, 1.54) is 6.07 Å². The Labute approximate surface area is 130 Å². The summed E-state index contributed by atoms with van der Waals surface area (Å²) in [5.41, 5.74) is 1.24. The Hall–Kier alpha value is -1.92. The van der Waals surface area contributed by atoms with E-state index in [9.17, 15) is 15.2 Å². The predicted molar refractivity (Wildman–Crippen MR) is 82.7 cm³/mol. The highest BCUT2D eigenvalue weighted by atomic mass is 79.9. The summed E-state index contributed by atoms with van der Waals surface area (Å²) in [5, 5.41) is 20.5. The molecule has 0 aliphatic carbocycles. The van der Waals surface area contributed by atoms with Crippen molar-refractivity contribution >= 4 is 21.6 Å². The molecule has 2 aromatic carbocycles. The molecule has 0 unspecified atom stereocenters. The van der Waals surface area contributed by atoms with Gasteiger partial charge in [-0.15, -0.1) is 0 Å². The Morgan fingerprint density at radius 1 is 1.33 bits per heavy atom. The molecule has 2 rings (SSSR count). The summed E-state index contributed by atoms with van der Waals surface area (Å²) in [6, 6.07) is 9.88. The standard InChI is InChI=1S/C15H14BrNO4/c1-9-14(17(19)20)4-3-5-15(9)21-11-6-7-12(10(2)18)13(16)8-11/h3-8,10,18H,1-2H3/t10-/m1/s1. The monoisotopic (exact) mass is 351 g/mol. The second kappa shape index (κ2) is 6.24. The maximum Gasteiger partial charge on any atom is 0.276 e. The molecule has 21 heavy (non-hydrogen) atoms. The van der Waals surface area contributed by atoms with Gasteiger partial charge in [-0.1, -0.05) is 28.1 Å². The van der Waals surface area contributed by atoms with Crippen molar-refractivity contribution < 1.29 is 14.8 Å². The number of rotatable bonds is 4. The van der Waals surface area contributed by atoms with E-state index in [4.69, 9.17) is 4.74 Å². The predicted octanol–water partition coefficient (Wildman–Crippen LogP) is 4.51. The lowest BCUT2D eigenvalue weighted by atomic mass is 10.1. The van der Waals surface area contributed by atoms with Crippen molar-refractivity contribution in [3.63, 3.8) is 0 Å². The Balaban J connectivity index is 2.33. The van der Waals surface area contributed by atoms with Crippen molar-refractivity contribution in [2.24, 2.45) is 0 Å². The maximum absolute atomic E-state index is 10.9. The molecular weight excluding hydrogens is 338 g/mol. The first-order chi connectivity index (χ1) is 9.90. The number of benzene rings is 2. The average Bonchev–Trinajstić information content (AvgIpc) is 2.40. The maximum atomic E-state index is 10.9. The number of hydrogen-bond donors (Lipinski definition) is 1. The van der Waals surface area contributed by atoms with Gasteiger partial charge in [-0.3, -0.25) is 10.1 Å². The van der Waals surface area contributed by atoms with Gasteiger partial charge in [0, 0.05) is 10.5 Å². The second-order valence-corrected chi connectivity index (χ2v) is 5.47. The van der Waals surface area contributed by atoms with Gasteiger partial charge >= 0.3 is 0 Å². The lowest BCUT2D eigenvalue weighted by molar-refractivity contribution is -0.385. The number of halogens is 1. The molecule has 0 bridgehead atoms.